The highest BCUT2D eigenvalue weighted by atomic mass is 31.2. The fourth-order valence-electron chi connectivity index (χ4n) is 1.26. The predicted octanol–water partition coefficient (Wildman–Crippen LogP) is 2.49. The van der Waals surface area contributed by atoms with Crippen LogP contribution >= 0.6 is 15.2 Å². The molecule has 1 fully saturated rings. The molecule has 1 aliphatic heterocycles. The van der Waals surface area contributed by atoms with Crippen LogP contribution in [0, 0.1) is 0 Å². The molecule has 96 valence electrons. The largest absolute Gasteiger partial charge is 0.328 e. The summed E-state index contributed by atoms with van der Waals surface area (Å²) in [4.78, 5) is 0. The van der Waals surface area contributed by atoms with E-state index < -0.39 is 20.8 Å². The zero-order valence-electron chi connectivity index (χ0n) is 9.97. The molecule has 0 aliphatic carbocycles. The predicted molar refractivity (Wildman–Crippen MR) is 60.1 cm³/mol. The van der Waals surface area contributed by atoms with E-state index in [2.05, 4.69) is 0 Å². The maximum atomic E-state index is 11.8. The van der Waals surface area contributed by atoms with Crippen molar-refractivity contribution in [2.45, 2.75) is 18.9 Å². The molecule has 1 unspecified atom stereocenters. The summed E-state index contributed by atoms with van der Waals surface area (Å²) in [5.74, 6) is 0. The van der Waals surface area contributed by atoms with Gasteiger partial charge in [0.15, 0.2) is 0 Å². The first kappa shape index (κ1) is 14.4. The molecule has 0 aromatic heterocycles. The van der Waals surface area contributed by atoms with Gasteiger partial charge in [-0.25, -0.2) is 0 Å². The van der Waals surface area contributed by atoms with Crippen molar-refractivity contribution >= 4 is 15.2 Å². The SMILES string of the molecule is CCC1(OP(C)(=O)OC)COP(C)(=O)OC1. The summed E-state index contributed by atoms with van der Waals surface area (Å²) >= 11 is 0. The monoisotopic (exact) mass is 272 g/mol. The van der Waals surface area contributed by atoms with Crippen molar-refractivity contribution in [2.24, 2.45) is 0 Å². The van der Waals surface area contributed by atoms with Crippen LogP contribution in [0.2, 0.25) is 0 Å². The topological polar surface area (TPSA) is 71.1 Å². The first-order chi connectivity index (χ1) is 7.24. The summed E-state index contributed by atoms with van der Waals surface area (Å²) in [5, 5.41) is 0. The van der Waals surface area contributed by atoms with E-state index in [9.17, 15) is 9.13 Å². The molecule has 8 heteroatoms. The summed E-state index contributed by atoms with van der Waals surface area (Å²) in [5.41, 5.74) is -0.843. The highest BCUT2D eigenvalue weighted by molar-refractivity contribution is 7.53. The maximum Gasteiger partial charge on any atom is 0.328 e. The zero-order valence-corrected chi connectivity index (χ0v) is 11.8. The van der Waals surface area contributed by atoms with Gasteiger partial charge < -0.3 is 13.6 Å². The Kier molecular flexibility index (Phi) is 4.39. The minimum absolute atomic E-state index is 0.0957. The van der Waals surface area contributed by atoms with Crippen LogP contribution in [0.3, 0.4) is 0 Å². The van der Waals surface area contributed by atoms with Crippen molar-refractivity contribution < 1.29 is 27.2 Å². The Bertz CT molecular complexity index is 329. The van der Waals surface area contributed by atoms with E-state index in [1.165, 1.54) is 20.4 Å². The lowest BCUT2D eigenvalue weighted by atomic mass is 10.0. The van der Waals surface area contributed by atoms with Crippen LogP contribution in [0.5, 0.6) is 0 Å². The molecule has 16 heavy (non-hydrogen) atoms. The van der Waals surface area contributed by atoms with Gasteiger partial charge in [0.05, 0.1) is 13.2 Å². The van der Waals surface area contributed by atoms with Crippen molar-refractivity contribution in [1.82, 2.24) is 0 Å². The molecular weight excluding hydrogens is 254 g/mol. The van der Waals surface area contributed by atoms with Gasteiger partial charge in [0.25, 0.3) is 0 Å². The fourth-order valence-corrected chi connectivity index (χ4v) is 3.29. The Hall–Kier alpha value is 0.300. The summed E-state index contributed by atoms with van der Waals surface area (Å²) in [6.45, 7) is 4.82. The van der Waals surface area contributed by atoms with Gasteiger partial charge in [0.2, 0.25) is 0 Å². The third-order valence-electron chi connectivity index (χ3n) is 2.46. The number of hydrogen-bond acceptors (Lipinski definition) is 6. The van der Waals surface area contributed by atoms with Crippen LogP contribution in [0.1, 0.15) is 13.3 Å². The van der Waals surface area contributed by atoms with E-state index in [0.29, 0.717) is 6.42 Å². The molecule has 1 atom stereocenters. The third-order valence-corrected chi connectivity index (χ3v) is 5.04. The van der Waals surface area contributed by atoms with Gasteiger partial charge in [-0.3, -0.25) is 13.7 Å². The average Bonchev–Trinajstić information content (AvgIpc) is 2.22. The Morgan fingerprint density at radius 3 is 2.31 bits per heavy atom. The zero-order chi connectivity index (χ0) is 12.4. The van der Waals surface area contributed by atoms with Crippen LogP contribution in [0.4, 0.5) is 0 Å². The number of rotatable bonds is 4. The second-order valence-electron chi connectivity index (χ2n) is 3.90. The molecule has 0 spiro atoms. The van der Waals surface area contributed by atoms with E-state index in [1.54, 1.807) is 0 Å². The van der Waals surface area contributed by atoms with Crippen LogP contribution in [0.25, 0.3) is 0 Å². The van der Waals surface area contributed by atoms with Gasteiger partial charge in [-0.2, -0.15) is 0 Å². The van der Waals surface area contributed by atoms with E-state index in [0.717, 1.165) is 0 Å². The summed E-state index contributed by atoms with van der Waals surface area (Å²) in [7, 11) is -4.76. The molecular formula is C8H18O6P2. The van der Waals surface area contributed by atoms with E-state index in [-0.39, 0.29) is 13.2 Å². The van der Waals surface area contributed by atoms with Gasteiger partial charge >= 0.3 is 15.2 Å². The molecule has 1 aliphatic rings. The van der Waals surface area contributed by atoms with Crippen molar-refractivity contribution in [1.29, 1.82) is 0 Å². The van der Waals surface area contributed by atoms with Gasteiger partial charge in [0.1, 0.15) is 5.60 Å². The quantitative estimate of drug-likeness (QED) is 0.732. The molecule has 0 N–H and O–H groups in total. The fraction of sp³-hybridized carbons (Fsp3) is 1.00. The highest BCUT2D eigenvalue weighted by Crippen LogP contribution is 2.54. The summed E-state index contributed by atoms with van der Waals surface area (Å²) < 4.78 is 43.6. The first-order valence-corrected chi connectivity index (χ1v) is 8.93. The van der Waals surface area contributed by atoms with Gasteiger partial charge in [-0.15, -0.1) is 0 Å². The highest BCUT2D eigenvalue weighted by Gasteiger charge is 2.43. The van der Waals surface area contributed by atoms with Gasteiger partial charge in [-0.1, -0.05) is 6.92 Å². The Labute approximate surface area is 95.7 Å². The molecule has 1 rings (SSSR count). The Morgan fingerprint density at radius 2 is 1.94 bits per heavy atom. The minimum Gasteiger partial charge on any atom is -0.312 e. The smallest absolute Gasteiger partial charge is 0.312 e. The second-order valence-corrected chi connectivity index (χ2v) is 8.05. The van der Waals surface area contributed by atoms with E-state index >= 15 is 0 Å². The van der Waals surface area contributed by atoms with Crippen molar-refractivity contribution in [3.63, 3.8) is 0 Å². The molecule has 0 saturated carbocycles. The minimum atomic E-state index is -3.12. The van der Waals surface area contributed by atoms with E-state index in [4.69, 9.17) is 18.1 Å². The van der Waals surface area contributed by atoms with E-state index in [1.807, 2.05) is 6.92 Å². The first-order valence-electron chi connectivity index (χ1n) is 4.95. The number of hydrogen-bond donors (Lipinski definition) is 0. The van der Waals surface area contributed by atoms with Gasteiger partial charge in [-0.05, 0) is 6.42 Å². The van der Waals surface area contributed by atoms with Crippen molar-refractivity contribution in [3.05, 3.63) is 0 Å². The maximum absolute atomic E-state index is 11.8. The van der Waals surface area contributed by atoms with Crippen molar-refractivity contribution in [2.75, 3.05) is 33.7 Å². The van der Waals surface area contributed by atoms with Crippen LogP contribution in [0.15, 0.2) is 0 Å². The molecule has 0 aromatic carbocycles. The molecule has 0 bridgehead atoms. The third kappa shape index (κ3) is 3.66. The summed E-state index contributed by atoms with van der Waals surface area (Å²) in [6.07, 6.45) is 0.536. The molecule has 6 nitrogen and oxygen atoms in total. The molecule has 1 saturated heterocycles. The van der Waals surface area contributed by atoms with Gasteiger partial charge in [0, 0.05) is 20.4 Å². The average molecular weight is 272 g/mol. The Morgan fingerprint density at radius 1 is 1.44 bits per heavy atom. The molecule has 0 radical (unpaired) electrons. The Balaban J connectivity index is 2.74. The molecule has 0 aromatic rings. The molecule has 1 heterocycles. The van der Waals surface area contributed by atoms with Crippen LogP contribution < -0.4 is 0 Å². The second kappa shape index (κ2) is 4.89. The summed E-state index contributed by atoms with van der Waals surface area (Å²) in [6, 6.07) is 0. The molecule has 0 amide bonds. The van der Waals surface area contributed by atoms with Crippen LogP contribution in [-0.2, 0) is 27.2 Å². The van der Waals surface area contributed by atoms with Crippen molar-refractivity contribution in [3.8, 4) is 0 Å². The lowest BCUT2D eigenvalue weighted by Crippen LogP contribution is -2.43. The van der Waals surface area contributed by atoms with Crippen LogP contribution in [-0.4, -0.2) is 39.3 Å². The normalized spacial score (nSPS) is 39.2. The lowest BCUT2D eigenvalue weighted by Gasteiger charge is -2.38. The lowest BCUT2D eigenvalue weighted by molar-refractivity contribution is -0.0612. The standard InChI is InChI=1S/C8H18O6P2/c1-5-8(14-15(3,9)11-2)6-12-16(4,10)13-7-8/h5-7H2,1-4H3.